The minimum absolute atomic E-state index is 0.0871. The van der Waals surface area contributed by atoms with E-state index in [-0.39, 0.29) is 17.9 Å². The van der Waals surface area contributed by atoms with Crippen LogP contribution in [0.3, 0.4) is 0 Å². The zero-order chi connectivity index (χ0) is 14.8. The summed E-state index contributed by atoms with van der Waals surface area (Å²) in [6, 6.07) is 4.07. The van der Waals surface area contributed by atoms with Crippen LogP contribution in [0.15, 0.2) is 12.1 Å². The van der Waals surface area contributed by atoms with Crippen LogP contribution in [0.2, 0.25) is 0 Å². The van der Waals surface area contributed by atoms with Gasteiger partial charge in [-0.2, -0.15) is 0 Å². The summed E-state index contributed by atoms with van der Waals surface area (Å²) < 4.78 is 0. The van der Waals surface area contributed by atoms with Crippen molar-refractivity contribution < 1.29 is 9.59 Å². The van der Waals surface area contributed by atoms with Crippen molar-refractivity contribution in [1.29, 1.82) is 0 Å². The van der Waals surface area contributed by atoms with E-state index in [0.717, 1.165) is 49.9 Å². The van der Waals surface area contributed by atoms with Crippen molar-refractivity contribution in [2.24, 2.45) is 5.92 Å². The summed E-state index contributed by atoms with van der Waals surface area (Å²) in [4.78, 5) is 29.1. The fourth-order valence-electron chi connectivity index (χ4n) is 3.74. The molecule has 0 N–H and O–H groups in total. The van der Waals surface area contributed by atoms with Gasteiger partial charge in [0.15, 0.2) is 0 Å². The Kier molecular flexibility index (Phi) is 4.43. The summed E-state index contributed by atoms with van der Waals surface area (Å²) in [7, 11) is 0. The van der Waals surface area contributed by atoms with E-state index in [1.807, 2.05) is 24.0 Å². The van der Waals surface area contributed by atoms with Crippen molar-refractivity contribution in [3.8, 4) is 0 Å². The van der Waals surface area contributed by atoms with Gasteiger partial charge in [-0.05, 0) is 51.2 Å². The zero-order valence-electron chi connectivity index (χ0n) is 12.6. The molecule has 21 heavy (non-hydrogen) atoms. The molecule has 4 heteroatoms. The first-order valence-electron chi connectivity index (χ1n) is 8.07. The van der Waals surface area contributed by atoms with E-state index in [2.05, 4.69) is 0 Å². The molecule has 1 aromatic heterocycles. The van der Waals surface area contributed by atoms with E-state index in [1.54, 1.807) is 11.3 Å². The highest BCUT2D eigenvalue weighted by Crippen LogP contribution is 2.33. The SMILES string of the molecule is Cc1ccc(C(=O)N2CCCCC2C2CCCCC2=O)s1. The van der Waals surface area contributed by atoms with E-state index in [0.29, 0.717) is 12.2 Å². The third-order valence-electron chi connectivity index (χ3n) is 4.83. The van der Waals surface area contributed by atoms with Crippen molar-refractivity contribution in [2.75, 3.05) is 6.54 Å². The predicted octanol–water partition coefficient (Wildman–Crippen LogP) is 3.81. The molecule has 1 aliphatic carbocycles. The van der Waals surface area contributed by atoms with Gasteiger partial charge in [0.25, 0.3) is 5.91 Å². The second-order valence-electron chi connectivity index (χ2n) is 6.29. The van der Waals surface area contributed by atoms with Gasteiger partial charge in [-0.1, -0.05) is 6.42 Å². The average Bonchev–Trinajstić information content (AvgIpc) is 2.94. The van der Waals surface area contributed by atoms with Crippen molar-refractivity contribution in [3.05, 3.63) is 21.9 Å². The van der Waals surface area contributed by atoms with Gasteiger partial charge in [0.05, 0.1) is 4.88 Å². The molecule has 0 radical (unpaired) electrons. The maximum absolute atomic E-state index is 12.8. The van der Waals surface area contributed by atoms with Gasteiger partial charge in [0.1, 0.15) is 5.78 Å². The van der Waals surface area contributed by atoms with Crippen LogP contribution in [-0.2, 0) is 4.79 Å². The van der Waals surface area contributed by atoms with Crippen LogP contribution < -0.4 is 0 Å². The van der Waals surface area contributed by atoms with E-state index in [1.165, 1.54) is 4.88 Å². The number of piperidine rings is 1. The molecule has 1 amide bonds. The van der Waals surface area contributed by atoms with Gasteiger partial charge in [-0.25, -0.2) is 0 Å². The lowest BCUT2D eigenvalue weighted by atomic mass is 9.79. The fourth-order valence-corrected chi connectivity index (χ4v) is 4.56. The number of carbonyl (C=O) groups excluding carboxylic acids is 2. The molecule has 2 atom stereocenters. The van der Waals surface area contributed by atoms with E-state index in [9.17, 15) is 9.59 Å². The van der Waals surface area contributed by atoms with Gasteiger partial charge in [-0.15, -0.1) is 11.3 Å². The topological polar surface area (TPSA) is 37.4 Å². The summed E-state index contributed by atoms with van der Waals surface area (Å²) in [5, 5.41) is 0. The van der Waals surface area contributed by atoms with Crippen LogP contribution in [0, 0.1) is 12.8 Å². The molecule has 2 fully saturated rings. The maximum atomic E-state index is 12.8. The predicted molar refractivity (Wildman–Crippen MR) is 84.7 cm³/mol. The van der Waals surface area contributed by atoms with Gasteiger partial charge < -0.3 is 4.90 Å². The molecule has 1 saturated carbocycles. The van der Waals surface area contributed by atoms with Crippen molar-refractivity contribution in [1.82, 2.24) is 4.90 Å². The number of thiophene rings is 1. The number of likely N-dealkylation sites (tertiary alicyclic amines) is 1. The summed E-state index contributed by atoms with van der Waals surface area (Å²) in [5.74, 6) is 0.605. The second kappa shape index (κ2) is 6.30. The number of hydrogen-bond acceptors (Lipinski definition) is 3. The van der Waals surface area contributed by atoms with Crippen LogP contribution in [0.25, 0.3) is 0 Å². The number of ketones is 1. The number of amides is 1. The smallest absolute Gasteiger partial charge is 0.264 e. The van der Waals surface area contributed by atoms with Crippen molar-refractivity contribution in [2.45, 2.75) is 57.9 Å². The molecule has 2 aliphatic rings. The third-order valence-corrected chi connectivity index (χ3v) is 5.82. The Morgan fingerprint density at radius 2 is 2.00 bits per heavy atom. The van der Waals surface area contributed by atoms with E-state index >= 15 is 0 Å². The molecule has 2 unspecified atom stereocenters. The third kappa shape index (κ3) is 3.05. The highest BCUT2D eigenvalue weighted by Gasteiger charge is 2.37. The van der Waals surface area contributed by atoms with Crippen LogP contribution in [0.1, 0.15) is 59.5 Å². The van der Waals surface area contributed by atoms with Gasteiger partial charge in [-0.3, -0.25) is 9.59 Å². The van der Waals surface area contributed by atoms with E-state index in [4.69, 9.17) is 0 Å². The lowest BCUT2D eigenvalue weighted by Crippen LogP contribution is -2.50. The van der Waals surface area contributed by atoms with Gasteiger partial charge in [0, 0.05) is 29.8 Å². The Balaban J connectivity index is 1.80. The lowest BCUT2D eigenvalue weighted by Gasteiger charge is -2.41. The number of Topliss-reactive ketones (excluding diaryl/α,β-unsaturated/α-hetero) is 1. The number of rotatable bonds is 2. The molecule has 2 heterocycles. The number of hydrogen-bond donors (Lipinski definition) is 0. The molecular weight excluding hydrogens is 282 g/mol. The minimum atomic E-state index is 0.0871. The monoisotopic (exact) mass is 305 g/mol. The molecule has 3 nitrogen and oxygen atoms in total. The minimum Gasteiger partial charge on any atom is -0.334 e. The fraction of sp³-hybridized carbons (Fsp3) is 0.647. The van der Waals surface area contributed by atoms with Crippen LogP contribution >= 0.6 is 11.3 Å². The normalized spacial score (nSPS) is 26.9. The molecule has 0 bridgehead atoms. The van der Waals surface area contributed by atoms with Crippen molar-refractivity contribution in [3.63, 3.8) is 0 Å². The highest BCUT2D eigenvalue weighted by atomic mass is 32.1. The van der Waals surface area contributed by atoms with Crippen LogP contribution in [-0.4, -0.2) is 29.2 Å². The summed E-state index contributed by atoms with van der Waals surface area (Å²) in [5.41, 5.74) is 0. The molecule has 1 aliphatic heterocycles. The molecule has 1 aromatic rings. The summed E-state index contributed by atoms with van der Waals surface area (Å²) >= 11 is 1.56. The number of carbonyl (C=O) groups is 2. The molecule has 3 rings (SSSR count). The Bertz CT molecular complexity index is 537. The van der Waals surface area contributed by atoms with Crippen molar-refractivity contribution >= 4 is 23.0 Å². The van der Waals surface area contributed by atoms with Gasteiger partial charge >= 0.3 is 0 Å². The molecular formula is C17H23NO2S. The molecule has 114 valence electrons. The van der Waals surface area contributed by atoms with E-state index < -0.39 is 0 Å². The largest absolute Gasteiger partial charge is 0.334 e. The Labute approximate surface area is 130 Å². The summed E-state index contributed by atoms with van der Waals surface area (Å²) in [6.07, 6.45) is 7.03. The average molecular weight is 305 g/mol. The maximum Gasteiger partial charge on any atom is 0.264 e. The number of nitrogens with zero attached hydrogens (tertiary/aromatic N) is 1. The highest BCUT2D eigenvalue weighted by molar-refractivity contribution is 7.13. The quantitative estimate of drug-likeness (QED) is 0.833. The lowest BCUT2D eigenvalue weighted by molar-refractivity contribution is -0.127. The first-order chi connectivity index (χ1) is 10.2. The Hall–Kier alpha value is -1.16. The molecule has 0 aromatic carbocycles. The van der Waals surface area contributed by atoms with Gasteiger partial charge in [0.2, 0.25) is 0 Å². The first-order valence-corrected chi connectivity index (χ1v) is 8.88. The Morgan fingerprint density at radius 3 is 2.71 bits per heavy atom. The van der Waals surface area contributed by atoms with Crippen LogP contribution in [0.5, 0.6) is 0 Å². The molecule has 0 spiro atoms. The summed E-state index contributed by atoms with van der Waals surface area (Å²) in [6.45, 7) is 2.84. The second-order valence-corrected chi connectivity index (χ2v) is 7.58. The van der Waals surface area contributed by atoms with Crippen LogP contribution in [0.4, 0.5) is 0 Å². The first kappa shape index (κ1) is 14.8. The zero-order valence-corrected chi connectivity index (χ0v) is 13.5. The standard InChI is InChI=1S/C17H23NO2S/c1-12-9-10-16(21-12)17(20)18-11-5-4-7-14(18)13-6-2-3-8-15(13)19/h9-10,13-14H,2-8,11H2,1H3. The Morgan fingerprint density at radius 1 is 1.19 bits per heavy atom. The molecule has 1 saturated heterocycles. The number of aryl methyl sites for hydroxylation is 1.